The lowest BCUT2D eigenvalue weighted by molar-refractivity contribution is -0.124. The zero-order chi connectivity index (χ0) is 24.5. The largest absolute Gasteiger partial charge is 0.497 e. The summed E-state index contributed by atoms with van der Waals surface area (Å²) >= 11 is 0. The molecular weight excluding hydrogens is 441 g/mol. The second-order valence-electron chi connectivity index (χ2n) is 8.11. The topological polar surface area (TPSA) is 97.0 Å². The smallest absolute Gasteiger partial charge is 0.253 e. The van der Waals surface area contributed by atoms with Gasteiger partial charge in [0.2, 0.25) is 5.91 Å². The van der Waals surface area contributed by atoms with Crippen molar-refractivity contribution in [2.75, 3.05) is 40.5 Å². The van der Waals surface area contributed by atoms with Crippen LogP contribution in [0.25, 0.3) is 0 Å². The zero-order valence-electron chi connectivity index (χ0n) is 19.4. The van der Waals surface area contributed by atoms with E-state index < -0.39 is 11.9 Å². The highest BCUT2D eigenvalue weighted by atomic mass is 19.1. The summed E-state index contributed by atoms with van der Waals surface area (Å²) < 4.78 is 23.7. The molecule has 0 spiro atoms. The predicted molar refractivity (Wildman–Crippen MR) is 124 cm³/mol. The van der Waals surface area contributed by atoms with Crippen molar-refractivity contribution >= 4 is 17.7 Å². The van der Waals surface area contributed by atoms with Gasteiger partial charge in [0.1, 0.15) is 17.6 Å². The molecular formula is C25H30FN3O5. The van der Waals surface area contributed by atoms with Gasteiger partial charge in [-0.3, -0.25) is 14.4 Å². The highest BCUT2D eigenvalue weighted by Crippen LogP contribution is 2.23. The second kappa shape index (κ2) is 12.1. The second-order valence-corrected chi connectivity index (χ2v) is 8.11. The number of piperidine rings is 1. The lowest BCUT2D eigenvalue weighted by Gasteiger charge is -2.36. The minimum Gasteiger partial charge on any atom is -0.497 e. The SMILES string of the molecule is COCCNC(=O)C(NC(=O)c1cccc(OC)c1)C1CCN(C(=O)c2cccc(F)c2)CC1. The molecule has 34 heavy (non-hydrogen) atoms. The molecule has 182 valence electrons. The monoisotopic (exact) mass is 471 g/mol. The van der Waals surface area contributed by atoms with Crippen LogP contribution in [-0.4, -0.2) is 69.1 Å². The van der Waals surface area contributed by atoms with Gasteiger partial charge in [0.15, 0.2) is 0 Å². The number of methoxy groups -OCH3 is 2. The van der Waals surface area contributed by atoms with Crippen LogP contribution in [0.4, 0.5) is 4.39 Å². The summed E-state index contributed by atoms with van der Waals surface area (Å²) in [5.41, 5.74) is 0.673. The molecule has 0 bridgehead atoms. The third-order valence-electron chi connectivity index (χ3n) is 5.88. The van der Waals surface area contributed by atoms with Gasteiger partial charge >= 0.3 is 0 Å². The van der Waals surface area contributed by atoms with Crippen molar-refractivity contribution in [1.29, 1.82) is 0 Å². The molecule has 1 unspecified atom stereocenters. The third kappa shape index (κ3) is 6.54. The minimum atomic E-state index is -0.776. The fraction of sp³-hybridized carbons (Fsp3) is 0.400. The van der Waals surface area contributed by atoms with Crippen LogP contribution in [0.5, 0.6) is 5.75 Å². The van der Waals surface area contributed by atoms with Gasteiger partial charge in [-0.25, -0.2) is 4.39 Å². The first kappa shape index (κ1) is 25.2. The first-order chi connectivity index (χ1) is 16.4. The summed E-state index contributed by atoms with van der Waals surface area (Å²) in [4.78, 5) is 40.3. The van der Waals surface area contributed by atoms with Gasteiger partial charge in [0, 0.05) is 37.9 Å². The van der Waals surface area contributed by atoms with Gasteiger partial charge < -0.3 is 25.0 Å². The van der Waals surface area contributed by atoms with Crippen LogP contribution in [0, 0.1) is 11.7 Å². The highest BCUT2D eigenvalue weighted by molar-refractivity contribution is 5.98. The maximum Gasteiger partial charge on any atom is 0.253 e. The molecule has 2 N–H and O–H groups in total. The highest BCUT2D eigenvalue weighted by Gasteiger charge is 2.34. The van der Waals surface area contributed by atoms with Crippen LogP contribution in [-0.2, 0) is 9.53 Å². The van der Waals surface area contributed by atoms with Crippen LogP contribution in [0.1, 0.15) is 33.6 Å². The molecule has 8 nitrogen and oxygen atoms in total. The van der Waals surface area contributed by atoms with E-state index in [1.54, 1.807) is 42.3 Å². The van der Waals surface area contributed by atoms with Crippen molar-refractivity contribution in [2.45, 2.75) is 18.9 Å². The van der Waals surface area contributed by atoms with Gasteiger partial charge in [0.25, 0.3) is 11.8 Å². The molecule has 0 aliphatic carbocycles. The molecule has 0 aromatic heterocycles. The van der Waals surface area contributed by atoms with E-state index in [0.29, 0.717) is 56.0 Å². The van der Waals surface area contributed by atoms with E-state index in [9.17, 15) is 18.8 Å². The number of hydrogen-bond acceptors (Lipinski definition) is 5. The Hall–Kier alpha value is -3.46. The van der Waals surface area contributed by atoms with Crippen LogP contribution in [0.3, 0.4) is 0 Å². The first-order valence-corrected chi connectivity index (χ1v) is 11.2. The number of nitrogens with one attached hydrogen (secondary N) is 2. The Bertz CT molecular complexity index is 1010. The molecule has 3 amide bonds. The number of amides is 3. The fourth-order valence-electron chi connectivity index (χ4n) is 4.01. The number of ether oxygens (including phenoxy) is 2. The molecule has 0 radical (unpaired) electrons. The quantitative estimate of drug-likeness (QED) is 0.547. The molecule has 1 heterocycles. The molecule has 2 aromatic rings. The fourth-order valence-corrected chi connectivity index (χ4v) is 4.01. The zero-order valence-corrected chi connectivity index (χ0v) is 19.4. The Morgan fingerprint density at radius 2 is 1.76 bits per heavy atom. The molecule has 1 saturated heterocycles. The van der Waals surface area contributed by atoms with Crippen molar-refractivity contribution in [3.05, 3.63) is 65.5 Å². The molecule has 1 fully saturated rings. The molecule has 1 aliphatic rings. The lowest BCUT2D eigenvalue weighted by atomic mass is 9.88. The van der Waals surface area contributed by atoms with Gasteiger partial charge in [-0.15, -0.1) is 0 Å². The Labute approximate surface area is 198 Å². The Morgan fingerprint density at radius 1 is 1.06 bits per heavy atom. The molecule has 9 heteroatoms. The van der Waals surface area contributed by atoms with Gasteiger partial charge in [0.05, 0.1) is 13.7 Å². The summed E-state index contributed by atoms with van der Waals surface area (Å²) in [6.45, 7) is 1.47. The van der Waals surface area contributed by atoms with Crippen LogP contribution < -0.4 is 15.4 Å². The minimum absolute atomic E-state index is 0.173. The van der Waals surface area contributed by atoms with Crippen molar-refractivity contribution in [3.8, 4) is 5.75 Å². The number of benzene rings is 2. The van der Waals surface area contributed by atoms with Gasteiger partial charge in [-0.2, -0.15) is 0 Å². The first-order valence-electron chi connectivity index (χ1n) is 11.2. The standard InChI is InChI=1S/C25H30FN3O5/c1-33-14-11-27-24(31)22(28-23(30)18-5-4-8-21(16-18)34-2)17-9-12-29(13-10-17)25(32)19-6-3-7-20(26)15-19/h3-8,15-17,22H,9-14H2,1-2H3,(H,27,31)(H,28,30). The number of nitrogens with zero attached hydrogens (tertiary/aromatic N) is 1. The number of likely N-dealkylation sites (tertiary alicyclic amines) is 1. The van der Waals surface area contributed by atoms with E-state index in [-0.39, 0.29) is 23.6 Å². The van der Waals surface area contributed by atoms with Crippen molar-refractivity contribution in [2.24, 2.45) is 5.92 Å². The molecule has 3 rings (SSSR count). The van der Waals surface area contributed by atoms with Crippen LogP contribution in [0.15, 0.2) is 48.5 Å². The van der Waals surface area contributed by atoms with E-state index >= 15 is 0 Å². The number of rotatable bonds is 9. The summed E-state index contributed by atoms with van der Waals surface area (Å²) in [6, 6.07) is 11.5. The van der Waals surface area contributed by atoms with Gasteiger partial charge in [-0.05, 0) is 55.2 Å². The van der Waals surface area contributed by atoms with E-state index in [0.717, 1.165) is 0 Å². The Balaban J connectivity index is 1.69. The van der Waals surface area contributed by atoms with Crippen molar-refractivity contribution in [3.63, 3.8) is 0 Å². The Morgan fingerprint density at radius 3 is 2.44 bits per heavy atom. The van der Waals surface area contributed by atoms with Crippen LogP contribution in [0.2, 0.25) is 0 Å². The Kier molecular flexibility index (Phi) is 8.98. The number of carbonyl (C=O) groups excluding carboxylic acids is 3. The average molecular weight is 472 g/mol. The summed E-state index contributed by atoms with van der Waals surface area (Å²) in [6.07, 6.45) is 1.03. The van der Waals surface area contributed by atoms with Crippen molar-refractivity contribution in [1.82, 2.24) is 15.5 Å². The maximum atomic E-state index is 13.5. The molecule has 0 saturated carbocycles. The van der Waals surface area contributed by atoms with Gasteiger partial charge in [-0.1, -0.05) is 12.1 Å². The normalized spacial score (nSPS) is 14.9. The predicted octanol–water partition coefficient (Wildman–Crippen LogP) is 2.25. The maximum absolute atomic E-state index is 13.5. The molecule has 1 atom stereocenters. The van der Waals surface area contributed by atoms with E-state index in [1.807, 2.05) is 0 Å². The molecule has 2 aromatic carbocycles. The summed E-state index contributed by atoms with van der Waals surface area (Å²) in [7, 11) is 3.06. The average Bonchev–Trinajstić information content (AvgIpc) is 2.87. The summed E-state index contributed by atoms with van der Waals surface area (Å²) in [5.74, 6) is -1.04. The van der Waals surface area contributed by atoms with E-state index in [1.165, 1.54) is 25.3 Å². The lowest BCUT2D eigenvalue weighted by Crippen LogP contribution is -2.54. The number of halogens is 1. The number of hydrogen-bond donors (Lipinski definition) is 2. The number of carbonyl (C=O) groups is 3. The summed E-state index contributed by atoms with van der Waals surface area (Å²) in [5, 5.41) is 5.66. The van der Waals surface area contributed by atoms with E-state index in [2.05, 4.69) is 10.6 Å². The third-order valence-corrected chi connectivity index (χ3v) is 5.88. The van der Waals surface area contributed by atoms with Crippen molar-refractivity contribution < 1.29 is 28.2 Å². The van der Waals surface area contributed by atoms with Crippen LogP contribution >= 0.6 is 0 Å². The van der Waals surface area contributed by atoms with E-state index in [4.69, 9.17) is 9.47 Å². The molecule has 1 aliphatic heterocycles.